The Kier molecular flexibility index (Phi) is 6.25. The average Bonchev–Trinajstić information content (AvgIpc) is 2.30. The van der Waals surface area contributed by atoms with Gasteiger partial charge in [0.15, 0.2) is 0 Å². The van der Waals surface area contributed by atoms with E-state index < -0.39 is 0 Å². The van der Waals surface area contributed by atoms with Crippen LogP contribution in [-0.4, -0.2) is 29.7 Å². The summed E-state index contributed by atoms with van der Waals surface area (Å²) in [6.45, 7) is 4.61. The Balaban J connectivity index is 2.01. The summed E-state index contributed by atoms with van der Waals surface area (Å²) >= 11 is 0. The van der Waals surface area contributed by atoms with Crippen molar-refractivity contribution in [2.24, 2.45) is 0 Å². The van der Waals surface area contributed by atoms with Crippen LogP contribution in [0.3, 0.4) is 0 Å². The van der Waals surface area contributed by atoms with E-state index in [1.165, 1.54) is 6.42 Å². The van der Waals surface area contributed by atoms with Crippen molar-refractivity contribution in [2.75, 3.05) is 30.8 Å². The summed E-state index contributed by atoms with van der Waals surface area (Å²) in [5.74, 6) is 0.614. The van der Waals surface area contributed by atoms with Gasteiger partial charge in [-0.25, -0.2) is 9.97 Å². The van der Waals surface area contributed by atoms with Crippen molar-refractivity contribution in [3.63, 3.8) is 0 Å². The molecule has 1 heterocycles. The molecular formula is C11H20N4O. The van der Waals surface area contributed by atoms with Crippen molar-refractivity contribution in [3.8, 4) is 0 Å². The van der Waals surface area contributed by atoms with Crippen molar-refractivity contribution in [1.82, 2.24) is 9.97 Å². The van der Waals surface area contributed by atoms with Crippen LogP contribution >= 0.6 is 0 Å². The van der Waals surface area contributed by atoms with Gasteiger partial charge in [-0.2, -0.15) is 0 Å². The lowest BCUT2D eigenvalue weighted by molar-refractivity contribution is 0.131. The second kappa shape index (κ2) is 7.87. The Bertz CT molecular complexity index is 276. The number of unbranched alkanes of at least 4 members (excludes halogenated alkanes) is 1. The zero-order valence-electron chi connectivity index (χ0n) is 9.78. The van der Waals surface area contributed by atoms with Crippen LogP contribution in [0.15, 0.2) is 12.4 Å². The molecule has 5 nitrogen and oxygen atoms in total. The van der Waals surface area contributed by atoms with Gasteiger partial charge in [0, 0.05) is 19.8 Å². The van der Waals surface area contributed by atoms with E-state index in [4.69, 9.17) is 10.5 Å². The Labute approximate surface area is 96.4 Å². The lowest BCUT2D eigenvalue weighted by atomic mass is 10.4. The van der Waals surface area contributed by atoms with Gasteiger partial charge >= 0.3 is 0 Å². The fraction of sp³-hybridized carbons (Fsp3) is 0.636. The molecule has 0 spiro atoms. The molecule has 0 amide bonds. The molecule has 1 aromatic rings. The molecule has 16 heavy (non-hydrogen) atoms. The molecule has 0 fully saturated rings. The minimum atomic E-state index is 0.577. The van der Waals surface area contributed by atoms with E-state index in [-0.39, 0.29) is 0 Å². The molecule has 0 aromatic carbocycles. The van der Waals surface area contributed by atoms with Crippen LogP contribution in [0.2, 0.25) is 0 Å². The average molecular weight is 224 g/mol. The summed E-state index contributed by atoms with van der Waals surface area (Å²) in [5.41, 5.74) is 6.05. The van der Waals surface area contributed by atoms with E-state index in [0.29, 0.717) is 11.6 Å². The first kappa shape index (κ1) is 12.7. The summed E-state index contributed by atoms with van der Waals surface area (Å²) in [6, 6.07) is 0. The standard InChI is InChI=1S/C11H20N4O/c1-2-3-6-16-7-4-5-13-11-14-8-10(12)9-15-11/h8-9H,2-7,12H2,1H3,(H,13,14,15). The minimum Gasteiger partial charge on any atom is -0.396 e. The number of hydrogen-bond donors (Lipinski definition) is 2. The molecular weight excluding hydrogens is 204 g/mol. The van der Waals surface area contributed by atoms with Gasteiger partial charge in [-0.1, -0.05) is 13.3 Å². The van der Waals surface area contributed by atoms with Gasteiger partial charge in [-0.05, 0) is 12.8 Å². The van der Waals surface area contributed by atoms with Gasteiger partial charge in [-0.15, -0.1) is 0 Å². The highest BCUT2D eigenvalue weighted by Gasteiger charge is 1.94. The second-order valence-electron chi connectivity index (χ2n) is 3.59. The van der Waals surface area contributed by atoms with Crippen molar-refractivity contribution in [3.05, 3.63) is 12.4 Å². The summed E-state index contributed by atoms with van der Waals surface area (Å²) < 4.78 is 5.43. The fourth-order valence-electron chi connectivity index (χ4n) is 1.15. The maximum Gasteiger partial charge on any atom is 0.222 e. The molecule has 0 aliphatic heterocycles. The largest absolute Gasteiger partial charge is 0.396 e. The molecule has 0 saturated heterocycles. The third-order valence-corrected chi connectivity index (χ3v) is 2.06. The molecule has 1 rings (SSSR count). The first-order chi connectivity index (χ1) is 7.83. The minimum absolute atomic E-state index is 0.577. The number of aromatic nitrogens is 2. The highest BCUT2D eigenvalue weighted by Crippen LogP contribution is 2.00. The van der Waals surface area contributed by atoms with Crippen LogP contribution < -0.4 is 11.1 Å². The van der Waals surface area contributed by atoms with E-state index in [1.54, 1.807) is 12.4 Å². The molecule has 0 aliphatic carbocycles. The number of ether oxygens (including phenoxy) is 1. The van der Waals surface area contributed by atoms with Crippen LogP contribution in [0.1, 0.15) is 26.2 Å². The number of nitrogens with two attached hydrogens (primary N) is 1. The molecule has 0 saturated carbocycles. The summed E-state index contributed by atoms with van der Waals surface area (Å²) in [4.78, 5) is 8.07. The molecule has 1 aromatic heterocycles. The molecule has 0 atom stereocenters. The Morgan fingerprint density at radius 1 is 1.25 bits per heavy atom. The molecule has 90 valence electrons. The maximum atomic E-state index is 5.48. The molecule has 0 unspecified atom stereocenters. The number of nitrogens with zero attached hydrogens (tertiary/aromatic N) is 2. The maximum absolute atomic E-state index is 5.48. The monoisotopic (exact) mass is 224 g/mol. The predicted molar refractivity (Wildman–Crippen MR) is 65.3 cm³/mol. The second-order valence-corrected chi connectivity index (χ2v) is 3.59. The van der Waals surface area contributed by atoms with Gasteiger partial charge in [0.1, 0.15) is 0 Å². The SMILES string of the molecule is CCCCOCCCNc1ncc(N)cn1. The van der Waals surface area contributed by atoms with Crippen molar-refractivity contribution < 1.29 is 4.74 Å². The van der Waals surface area contributed by atoms with E-state index in [2.05, 4.69) is 22.2 Å². The Morgan fingerprint density at radius 2 is 1.94 bits per heavy atom. The quantitative estimate of drug-likeness (QED) is 0.657. The Morgan fingerprint density at radius 3 is 2.62 bits per heavy atom. The normalized spacial score (nSPS) is 10.3. The molecule has 3 N–H and O–H groups in total. The Hall–Kier alpha value is -1.36. The molecule has 0 aliphatic rings. The van der Waals surface area contributed by atoms with Crippen LogP contribution in [0.25, 0.3) is 0 Å². The van der Waals surface area contributed by atoms with E-state index in [9.17, 15) is 0 Å². The molecule has 5 heteroatoms. The summed E-state index contributed by atoms with van der Waals surface area (Å²) in [5, 5.41) is 3.10. The smallest absolute Gasteiger partial charge is 0.222 e. The third-order valence-electron chi connectivity index (χ3n) is 2.06. The van der Waals surface area contributed by atoms with Crippen LogP contribution in [0, 0.1) is 0 Å². The number of nitrogen functional groups attached to an aromatic ring is 1. The highest BCUT2D eigenvalue weighted by atomic mass is 16.5. The van der Waals surface area contributed by atoms with Gasteiger partial charge in [0.05, 0.1) is 18.1 Å². The third kappa shape index (κ3) is 5.50. The molecule has 0 radical (unpaired) electrons. The topological polar surface area (TPSA) is 73.1 Å². The van der Waals surface area contributed by atoms with Gasteiger partial charge in [0.2, 0.25) is 5.95 Å². The number of nitrogens with one attached hydrogen (secondary N) is 1. The lowest BCUT2D eigenvalue weighted by Gasteiger charge is -2.05. The van der Waals surface area contributed by atoms with Crippen molar-refractivity contribution in [2.45, 2.75) is 26.2 Å². The summed E-state index contributed by atoms with van der Waals surface area (Å²) in [6.07, 6.45) is 6.45. The number of anilines is 2. The van der Waals surface area contributed by atoms with Gasteiger partial charge in [-0.3, -0.25) is 0 Å². The van der Waals surface area contributed by atoms with E-state index in [1.807, 2.05) is 0 Å². The zero-order valence-corrected chi connectivity index (χ0v) is 9.78. The zero-order chi connectivity index (χ0) is 11.6. The molecule has 0 bridgehead atoms. The summed E-state index contributed by atoms with van der Waals surface area (Å²) in [7, 11) is 0. The highest BCUT2D eigenvalue weighted by molar-refractivity contribution is 5.35. The lowest BCUT2D eigenvalue weighted by Crippen LogP contribution is -2.08. The van der Waals surface area contributed by atoms with Gasteiger partial charge < -0.3 is 15.8 Å². The first-order valence-electron chi connectivity index (χ1n) is 5.72. The predicted octanol–water partition coefficient (Wildman–Crippen LogP) is 1.68. The number of rotatable bonds is 8. The number of hydrogen-bond acceptors (Lipinski definition) is 5. The fourth-order valence-corrected chi connectivity index (χ4v) is 1.15. The van der Waals surface area contributed by atoms with E-state index >= 15 is 0 Å². The van der Waals surface area contributed by atoms with Crippen molar-refractivity contribution in [1.29, 1.82) is 0 Å². The van der Waals surface area contributed by atoms with Crippen molar-refractivity contribution >= 4 is 11.6 Å². The van der Waals surface area contributed by atoms with Crippen LogP contribution in [0.4, 0.5) is 11.6 Å². The van der Waals surface area contributed by atoms with E-state index in [0.717, 1.165) is 32.6 Å². The van der Waals surface area contributed by atoms with Gasteiger partial charge in [0.25, 0.3) is 0 Å². The van der Waals surface area contributed by atoms with Crippen LogP contribution in [-0.2, 0) is 4.74 Å². The first-order valence-corrected chi connectivity index (χ1v) is 5.72. The van der Waals surface area contributed by atoms with Crippen LogP contribution in [0.5, 0.6) is 0 Å².